The normalized spacial score (nSPS) is 11.4. The Balaban J connectivity index is 1.36. The molecule has 0 aliphatic heterocycles. The van der Waals surface area contributed by atoms with Crippen LogP contribution >= 0.6 is 0 Å². The highest BCUT2D eigenvalue weighted by Crippen LogP contribution is 2.26. The van der Waals surface area contributed by atoms with E-state index in [2.05, 4.69) is 18.9 Å². The molecule has 0 fully saturated rings. The van der Waals surface area contributed by atoms with Crippen molar-refractivity contribution in [1.29, 1.82) is 0 Å². The van der Waals surface area contributed by atoms with E-state index < -0.39 is 16.6 Å². The summed E-state index contributed by atoms with van der Waals surface area (Å²) in [5, 5.41) is 9.61. The summed E-state index contributed by atoms with van der Waals surface area (Å²) in [6.07, 6.45) is 27.9. The summed E-state index contributed by atoms with van der Waals surface area (Å²) in [4.78, 5) is 25.0. The van der Waals surface area contributed by atoms with Gasteiger partial charge in [-0.25, -0.2) is 0 Å². The lowest BCUT2D eigenvalue weighted by Crippen LogP contribution is -2.31. The predicted molar refractivity (Wildman–Crippen MR) is 160 cm³/mol. The lowest BCUT2D eigenvalue weighted by atomic mass is 10.00. The van der Waals surface area contributed by atoms with E-state index in [-0.39, 0.29) is 5.56 Å². The van der Waals surface area contributed by atoms with Gasteiger partial charge in [-0.1, -0.05) is 141 Å². The van der Waals surface area contributed by atoms with Crippen LogP contribution < -0.4 is 15.8 Å². The molecule has 0 saturated heterocycles. The number of nitrogens with zero attached hydrogens (tertiary/aromatic N) is 1. The number of hydrogen-bond donors (Lipinski definition) is 1. The minimum Gasteiger partial charge on any atom is -0.503 e. The summed E-state index contributed by atoms with van der Waals surface area (Å²) in [7, 11) is 2.08. The zero-order valence-corrected chi connectivity index (χ0v) is 23.9. The summed E-state index contributed by atoms with van der Waals surface area (Å²) >= 11 is 0. The van der Waals surface area contributed by atoms with Crippen molar-refractivity contribution in [2.24, 2.45) is 0 Å². The second kappa shape index (κ2) is 19.0. The van der Waals surface area contributed by atoms with Crippen LogP contribution in [0, 0.1) is 0 Å². The van der Waals surface area contributed by atoms with Gasteiger partial charge in [0.1, 0.15) is 0 Å². The van der Waals surface area contributed by atoms with Crippen LogP contribution in [-0.2, 0) is 0 Å². The number of rotatable bonds is 23. The van der Waals surface area contributed by atoms with Crippen LogP contribution in [-0.4, -0.2) is 18.7 Å². The van der Waals surface area contributed by atoms with E-state index in [0.29, 0.717) is 5.56 Å². The van der Waals surface area contributed by atoms with Gasteiger partial charge in [0.2, 0.25) is 5.43 Å². The average molecular weight is 512 g/mol. The van der Waals surface area contributed by atoms with E-state index in [0.717, 1.165) is 12.2 Å². The number of anilines is 1. The van der Waals surface area contributed by atoms with Crippen molar-refractivity contribution in [2.45, 2.75) is 135 Å². The second-order valence-corrected chi connectivity index (χ2v) is 11.1. The molecule has 1 N–H and O–H groups in total. The van der Waals surface area contributed by atoms with Gasteiger partial charge in [-0.05, 0) is 24.1 Å². The van der Waals surface area contributed by atoms with E-state index in [1.165, 1.54) is 128 Å². The number of aromatic hydroxyl groups is 1. The fraction of sp³-hybridized carbons (Fsp3) is 0.697. The molecule has 0 aromatic heterocycles. The highest BCUT2D eigenvalue weighted by molar-refractivity contribution is 5.74. The molecule has 0 bridgehead atoms. The van der Waals surface area contributed by atoms with Crippen molar-refractivity contribution in [3.8, 4) is 16.9 Å². The molecular formula is C33H53NO3. The van der Waals surface area contributed by atoms with Gasteiger partial charge < -0.3 is 10.0 Å². The number of benzene rings is 1. The molecular weight excluding hydrogens is 458 g/mol. The van der Waals surface area contributed by atoms with Crippen molar-refractivity contribution in [3.05, 3.63) is 44.7 Å². The molecule has 0 spiro atoms. The minimum atomic E-state index is -0.782. The number of unbranched alkanes of at least 4 members (excludes halogenated alkanes) is 19. The van der Waals surface area contributed by atoms with Crippen molar-refractivity contribution in [1.82, 2.24) is 0 Å². The average Bonchev–Trinajstić information content (AvgIpc) is 2.92. The molecule has 0 atom stereocenters. The quantitative estimate of drug-likeness (QED) is 0.119. The Morgan fingerprint density at radius 2 is 0.946 bits per heavy atom. The molecule has 37 heavy (non-hydrogen) atoms. The Kier molecular flexibility index (Phi) is 16.0. The van der Waals surface area contributed by atoms with Gasteiger partial charge in [0, 0.05) is 19.3 Å². The maximum absolute atomic E-state index is 11.6. The third kappa shape index (κ3) is 11.9. The van der Waals surface area contributed by atoms with Crippen LogP contribution in [0.25, 0.3) is 11.1 Å². The van der Waals surface area contributed by atoms with Gasteiger partial charge in [-0.15, -0.1) is 0 Å². The molecule has 2 aromatic carbocycles. The van der Waals surface area contributed by atoms with E-state index >= 15 is 0 Å². The van der Waals surface area contributed by atoms with Gasteiger partial charge in [0.05, 0.1) is 5.56 Å². The molecule has 0 saturated carbocycles. The first-order chi connectivity index (χ1) is 18.1. The maximum atomic E-state index is 11.6. The first-order valence-electron chi connectivity index (χ1n) is 15.4. The van der Waals surface area contributed by atoms with Crippen LogP contribution in [0.5, 0.6) is 5.75 Å². The van der Waals surface area contributed by atoms with E-state index in [4.69, 9.17) is 0 Å². The summed E-state index contributed by atoms with van der Waals surface area (Å²) in [5.41, 5.74) is 0.463. The van der Waals surface area contributed by atoms with Gasteiger partial charge in [0.15, 0.2) is 5.75 Å². The molecule has 0 aliphatic rings. The van der Waals surface area contributed by atoms with Crippen LogP contribution in [0.4, 0.5) is 5.69 Å². The molecule has 4 nitrogen and oxygen atoms in total. The zero-order chi connectivity index (χ0) is 26.7. The second-order valence-electron chi connectivity index (χ2n) is 11.1. The van der Waals surface area contributed by atoms with Crippen molar-refractivity contribution in [3.63, 3.8) is 0 Å². The Morgan fingerprint density at radius 3 is 1.32 bits per heavy atom. The van der Waals surface area contributed by atoms with Crippen molar-refractivity contribution < 1.29 is 5.11 Å². The summed E-state index contributed by atoms with van der Waals surface area (Å²) in [6, 6.07) is 7.50. The zero-order valence-electron chi connectivity index (χ0n) is 23.9. The minimum absolute atomic E-state index is 0.147. The topological polar surface area (TPSA) is 57.6 Å². The predicted octanol–water partition coefficient (Wildman–Crippen LogP) is 8.91. The van der Waals surface area contributed by atoms with Gasteiger partial charge >= 0.3 is 0 Å². The monoisotopic (exact) mass is 511 g/mol. The lowest BCUT2D eigenvalue weighted by molar-refractivity contribution is 0.465. The molecule has 0 amide bonds. The Labute approximate surface area is 226 Å². The fourth-order valence-electron chi connectivity index (χ4n) is 5.26. The fourth-order valence-corrected chi connectivity index (χ4v) is 5.26. The Hall–Kier alpha value is -2.10. The Morgan fingerprint density at radius 1 is 0.568 bits per heavy atom. The van der Waals surface area contributed by atoms with Crippen molar-refractivity contribution in [2.75, 3.05) is 18.5 Å². The van der Waals surface area contributed by atoms with Gasteiger partial charge in [0.25, 0.3) is 5.43 Å². The molecule has 2 rings (SSSR count). The highest BCUT2D eigenvalue weighted by Gasteiger charge is 2.21. The smallest absolute Gasteiger partial charge is 0.268 e. The summed E-state index contributed by atoms with van der Waals surface area (Å²) in [6.45, 7) is 3.29. The van der Waals surface area contributed by atoms with Crippen LogP contribution in [0.1, 0.15) is 135 Å². The first-order valence-corrected chi connectivity index (χ1v) is 15.4. The van der Waals surface area contributed by atoms with Gasteiger partial charge in [-0.2, -0.15) is 0 Å². The third-order valence-electron chi connectivity index (χ3n) is 7.83. The SMILES string of the molecule is CCCCCCCCCCCCCCCCCCCCCCN(C)c1ccc(-c2c(O)c(=O)c2=O)cc1. The third-order valence-corrected chi connectivity index (χ3v) is 7.83. The van der Waals surface area contributed by atoms with Gasteiger partial charge in [-0.3, -0.25) is 9.59 Å². The van der Waals surface area contributed by atoms with Crippen LogP contribution in [0.3, 0.4) is 0 Å². The summed E-state index contributed by atoms with van der Waals surface area (Å²) in [5.74, 6) is -0.407. The Bertz CT molecular complexity index is 911. The van der Waals surface area contributed by atoms with E-state index in [9.17, 15) is 14.7 Å². The first kappa shape index (κ1) is 31.1. The van der Waals surface area contributed by atoms with E-state index in [1.807, 2.05) is 12.1 Å². The standard InChI is InChI=1S/C33H53NO3/c1-3-4-5-6-7-8-9-10-11-12-13-14-15-16-17-18-19-20-21-22-27-34(2)29-25-23-28(24-26-29)30-31(35)33(37)32(30)36/h23-26,35H,3-22,27H2,1-2H3. The molecule has 0 radical (unpaired) electrons. The van der Waals surface area contributed by atoms with E-state index in [1.54, 1.807) is 12.1 Å². The maximum Gasteiger partial charge on any atom is 0.268 e. The molecule has 0 heterocycles. The summed E-state index contributed by atoms with van der Waals surface area (Å²) < 4.78 is 0. The molecule has 0 aliphatic carbocycles. The molecule has 2 aromatic rings. The molecule has 208 valence electrons. The highest BCUT2D eigenvalue weighted by atomic mass is 16.3. The molecule has 0 unspecified atom stereocenters. The van der Waals surface area contributed by atoms with Crippen molar-refractivity contribution >= 4 is 5.69 Å². The largest absolute Gasteiger partial charge is 0.503 e. The molecule has 4 heteroatoms. The van der Waals surface area contributed by atoms with Crippen LogP contribution in [0.15, 0.2) is 33.9 Å². The lowest BCUT2D eigenvalue weighted by Gasteiger charge is -2.19. The van der Waals surface area contributed by atoms with Crippen LogP contribution in [0.2, 0.25) is 0 Å². The number of hydrogen-bond acceptors (Lipinski definition) is 4.